The lowest BCUT2D eigenvalue weighted by Gasteiger charge is -2.58. The first-order chi connectivity index (χ1) is 18.5. The molecule has 0 aromatic heterocycles. The Bertz CT molecular complexity index is 872. The molecule has 0 spiro atoms. The van der Waals surface area contributed by atoms with Crippen LogP contribution < -0.4 is 0 Å². The first-order valence-electron chi connectivity index (χ1n) is 16.1. The number of ether oxygens (including phenoxy) is 2. The van der Waals surface area contributed by atoms with Crippen LogP contribution in [0.5, 0.6) is 0 Å². The van der Waals surface area contributed by atoms with Gasteiger partial charge in [0.2, 0.25) is 0 Å². The van der Waals surface area contributed by atoms with Crippen molar-refractivity contribution in [2.75, 3.05) is 6.61 Å². The van der Waals surface area contributed by atoms with Crippen LogP contribution in [0, 0.1) is 46.3 Å². The predicted molar refractivity (Wildman–Crippen MR) is 152 cm³/mol. The maximum absolute atomic E-state index is 10.5. The maximum atomic E-state index is 10.5. The average Bonchev–Trinajstić information content (AvgIpc) is 3.26. The number of fused-ring (bicyclic) bond motifs is 5. The van der Waals surface area contributed by atoms with Gasteiger partial charge in [0.25, 0.3) is 0 Å². The highest BCUT2D eigenvalue weighted by Gasteiger charge is 2.59. The summed E-state index contributed by atoms with van der Waals surface area (Å²) in [7, 11) is 0. The molecule has 0 radical (unpaired) electrons. The van der Waals surface area contributed by atoms with Crippen molar-refractivity contribution in [2.24, 2.45) is 46.3 Å². The van der Waals surface area contributed by atoms with E-state index in [0.29, 0.717) is 5.41 Å². The highest BCUT2D eigenvalue weighted by atomic mass is 16.7. The molecule has 5 rings (SSSR count). The van der Waals surface area contributed by atoms with Gasteiger partial charge in [-0.3, -0.25) is 0 Å². The van der Waals surface area contributed by atoms with Crippen molar-refractivity contribution in [3.63, 3.8) is 0 Å². The van der Waals surface area contributed by atoms with E-state index in [1.54, 1.807) is 0 Å². The molecule has 4 fully saturated rings. The number of aliphatic hydroxyl groups excluding tert-OH is 4. The summed E-state index contributed by atoms with van der Waals surface area (Å²) in [6.07, 6.45) is 9.98. The van der Waals surface area contributed by atoms with Crippen molar-refractivity contribution in [1.29, 1.82) is 0 Å². The Morgan fingerprint density at radius 1 is 0.949 bits per heavy atom. The number of rotatable bonds is 8. The van der Waals surface area contributed by atoms with E-state index >= 15 is 0 Å². The molecule has 0 aromatic rings. The monoisotopic (exact) mass is 548 g/mol. The van der Waals surface area contributed by atoms with Gasteiger partial charge in [-0.1, -0.05) is 65.5 Å². The molecular weight excluding hydrogens is 492 g/mol. The van der Waals surface area contributed by atoms with Crippen molar-refractivity contribution in [1.82, 2.24) is 0 Å². The SMILES string of the molecule is CC(C)CCC[C@@H](C)[C@H]1CC[C@H]2[C@@H]3CC=C4C[C@@H](O[C@@H]5O[C@H](CO)[C@@H](O)[C@H](O)[C@H]5O)CC[C@]4(C)[C@H]3CC[C@]12C. The van der Waals surface area contributed by atoms with Crippen molar-refractivity contribution < 1.29 is 29.9 Å². The highest BCUT2D eigenvalue weighted by molar-refractivity contribution is 5.25. The van der Waals surface area contributed by atoms with Crippen molar-refractivity contribution in [3.05, 3.63) is 11.6 Å². The molecule has 0 aromatic carbocycles. The topological polar surface area (TPSA) is 99.4 Å². The van der Waals surface area contributed by atoms with Crippen LogP contribution in [0.25, 0.3) is 0 Å². The van der Waals surface area contributed by atoms with E-state index in [0.717, 1.165) is 54.8 Å². The molecule has 4 aliphatic carbocycles. The zero-order valence-corrected chi connectivity index (χ0v) is 25.1. The van der Waals surface area contributed by atoms with E-state index in [2.05, 4.69) is 40.7 Å². The average molecular weight is 549 g/mol. The molecule has 39 heavy (non-hydrogen) atoms. The molecule has 6 nitrogen and oxygen atoms in total. The molecule has 0 unspecified atom stereocenters. The predicted octanol–water partition coefficient (Wildman–Crippen LogP) is 5.21. The molecule has 1 aliphatic heterocycles. The second-order valence-electron chi connectivity index (χ2n) is 15.0. The van der Waals surface area contributed by atoms with E-state index in [1.165, 1.54) is 56.9 Å². The smallest absolute Gasteiger partial charge is 0.186 e. The lowest BCUT2D eigenvalue weighted by Crippen LogP contribution is -2.60. The van der Waals surface area contributed by atoms with E-state index in [1.807, 2.05) is 0 Å². The van der Waals surface area contributed by atoms with E-state index in [-0.39, 0.29) is 11.5 Å². The molecule has 13 atom stereocenters. The second kappa shape index (κ2) is 11.6. The highest BCUT2D eigenvalue weighted by Crippen LogP contribution is 2.67. The van der Waals surface area contributed by atoms with Crippen LogP contribution >= 0.6 is 0 Å². The summed E-state index contributed by atoms with van der Waals surface area (Å²) in [5.74, 6) is 4.87. The van der Waals surface area contributed by atoms with Crippen LogP contribution in [0.3, 0.4) is 0 Å². The van der Waals surface area contributed by atoms with Gasteiger partial charge < -0.3 is 29.9 Å². The Kier molecular flexibility index (Phi) is 8.95. The van der Waals surface area contributed by atoms with Crippen LogP contribution in [-0.2, 0) is 9.47 Å². The van der Waals surface area contributed by atoms with Gasteiger partial charge in [-0.25, -0.2) is 0 Å². The molecule has 6 heteroatoms. The third-order valence-electron chi connectivity index (χ3n) is 12.4. The molecule has 1 saturated heterocycles. The van der Waals surface area contributed by atoms with Crippen LogP contribution in [0.15, 0.2) is 11.6 Å². The van der Waals surface area contributed by atoms with Gasteiger partial charge in [-0.15, -0.1) is 0 Å². The Labute approximate surface area is 236 Å². The summed E-state index contributed by atoms with van der Waals surface area (Å²) in [6, 6.07) is 0. The maximum Gasteiger partial charge on any atom is 0.186 e. The summed E-state index contributed by atoms with van der Waals surface area (Å²) in [4.78, 5) is 0. The first-order valence-corrected chi connectivity index (χ1v) is 16.1. The fourth-order valence-electron chi connectivity index (χ4n) is 10.1. The number of aliphatic hydroxyl groups is 4. The van der Waals surface area contributed by atoms with Gasteiger partial charge in [-0.05, 0) is 97.7 Å². The van der Waals surface area contributed by atoms with Gasteiger partial charge in [0.1, 0.15) is 24.4 Å². The summed E-state index contributed by atoms with van der Waals surface area (Å²) >= 11 is 0. The van der Waals surface area contributed by atoms with Gasteiger partial charge >= 0.3 is 0 Å². The third kappa shape index (κ3) is 5.41. The van der Waals surface area contributed by atoms with Crippen LogP contribution in [0.4, 0.5) is 0 Å². The zero-order valence-electron chi connectivity index (χ0n) is 25.1. The minimum absolute atomic E-state index is 0.0984. The fraction of sp³-hybridized carbons (Fsp3) is 0.939. The number of hydrogen-bond donors (Lipinski definition) is 4. The standard InChI is InChI=1S/C33H56O6/c1-19(2)7-6-8-20(3)24-11-12-25-23-10-9-21-17-22(13-15-32(21,4)26(23)14-16-33(24,25)5)38-31-30(37)29(36)28(35)27(18-34)39-31/h9,19-20,22-31,34-37H,6-8,10-18H2,1-5H3/t20-,22+,23+,24-,25+,26+,27-,28-,29+,30-,31-,32+,33-/m1/s1. The van der Waals surface area contributed by atoms with Crippen molar-refractivity contribution in [2.45, 2.75) is 142 Å². The summed E-state index contributed by atoms with van der Waals surface area (Å²) in [5.41, 5.74) is 2.20. The van der Waals surface area contributed by atoms with Crippen molar-refractivity contribution in [3.8, 4) is 0 Å². The minimum atomic E-state index is -1.39. The van der Waals surface area contributed by atoms with E-state index in [9.17, 15) is 20.4 Å². The fourth-order valence-corrected chi connectivity index (χ4v) is 10.1. The molecule has 0 amide bonds. The lowest BCUT2D eigenvalue weighted by atomic mass is 9.47. The zero-order chi connectivity index (χ0) is 28.1. The Morgan fingerprint density at radius 2 is 1.72 bits per heavy atom. The molecular formula is C33H56O6. The van der Waals surface area contributed by atoms with Crippen LogP contribution in [0.1, 0.15) is 105 Å². The summed E-state index contributed by atoms with van der Waals surface area (Å²) in [6.45, 7) is 12.0. The van der Waals surface area contributed by atoms with Gasteiger partial charge in [0.05, 0.1) is 12.7 Å². The van der Waals surface area contributed by atoms with Gasteiger partial charge in [-0.2, -0.15) is 0 Å². The molecule has 3 saturated carbocycles. The first kappa shape index (κ1) is 30.0. The molecule has 1 heterocycles. The lowest BCUT2D eigenvalue weighted by molar-refractivity contribution is -0.313. The normalized spacial score (nSPS) is 48.7. The third-order valence-corrected chi connectivity index (χ3v) is 12.4. The van der Waals surface area contributed by atoms with E-state index in [4.69, 9.17) is 9.47 Å². The van der Waals surface area contributed by atoms with E-state index < -0.39 is 37.3 Å². The largest absolute Gasteiger partial charge is 0.394 e. The molecule has 4 N–H and O–H groups in total. The molecule has 5 aliphatic rings. The summed E-state index contributed by atoms with van der Waals surface area (Å²) in [5, 5.41) is 40.3. The Balaban J connectivity index is 1.24. The van der Waals surface area contributed by atoms with Gasteiger partial charge in [0, 0.05) is 0 Å². The van der Waals surface area contributed by atoms with Crippen molar-refractivity contribution >= 4 is 0 Å². The number of allylic oxidation sites excluding steroid dienone is 1. The molecule has 0 bridgehead atoms. The van der Waals surface area contributed by atoms with Gasteiger partial charge in [0.15, 0.2) is 6.29 Å². The minimum Gasteiger partial charge on any atom is -0.394 e. The van der Waals surface area contributed by atoms with Crippen LogP contribution in [-0.4, -0.2) is 63.8 Å². The Morgan fingerprint density at radius 3 is 2.44 bits per heavy atom. The molecule has 224 valence electrons. The number of hydrogen-bond acceptors (Lipinski definition) is 6. The quantitative estimate of drug-likeness (QED) is 0.311. The summed E-state index contributed by atoms with van der Waals surface area (Å²) < 4.78 is 11.9. The van der Waals surface area contributed by atoms with Crippen LogP contribution in [0.2, 0.25) is 0 Å². The second-order valence-corrected chi connectivity index (χ2v) is 15.0. The Hall–Kier alpha value is -0.500.